The minimum absolute atomic E-state index is 0.0264. The number of rotatable bonds is 6. The number of carbonyl (C=O) groups excluding carboxylic acids is 3. The highest BCUT2D eigenvalue weighted by molar-refractivity contribution is 6.32. The number of carboxylic acids is 1. The van der Waals surface area contributed by atoms with Crippen LogP contribution in [0.15, 0.2) is 54.6 Å². The van der Waals surface area contributed by atoms with E-state index in [9.17, 15) is 24.3 Å². The van der Waals surface area contributed by atoms with Crippen molar-refractivity contribution in [2.45, 2.75) is 31.7 Å². The maximum Gasteiger partial charge on any atom is 0.334 e. The number of carboxylic acid groups (broad SMARTS) is 1. The first-order chi connectivity index (χ1) is 16.7. The van der Waals surface area contributed by atoms with Crippen molar-refractivity contribution in [1.82, 2.24) is 25.1 Å². The molecule has 0 spiro atoms. The molecule has 0 aliphatic carbocycles. The topological polar surface area (TPSA) is 114 Å². The Labute approximate surface area is 204 Å². The van der Waals surface area contributed by atoms with Gasteiger partial charge in [0.15, 0.2) is 0 Å². The molecule has 0 unspecified atom stereocenters. The number of carbonyl (C=O) groups is 4. The van der Waals surface area contributed by atoms with Gasteiger partial charge in [-0.25, -0.2) is 14.8 Å². The van der Waals surface area contributed by atoms with E-state index < -0.39 is 42.4 Å². The van der Waals surface area contributed by atoms with Crippen molar-refractivity contribution in [3.8, 4) is 0 Å². The summed E-state index contributed by atoms with van der Waals surface area (Å²) in [6.07, 6.45) is -1.42. The third-order valence-electron chi connectivity index (χ3n) is 6.13. The zero-order chi connectivity index (χ0) is 25.1. The minimum Gasteiger partial charge on any atom is -0.481 e. The summed E-state index contributed by atoms with van der Waals surface area (Å²) in [4.78, 5) is 53.9. The fourth-order valence-corrected chi connectivity index (χ4v) is 4.58. The SMILES string of the molecule is [B]c1cccc(CN2C[C@H]3N(C(=O)CN(C)N3C(=O)NCc3ccccc3)[C@@H](CC(=O)O)C2=O)c1. The molecule has 2 aromatic rings. The fraction of sp³-hybridized carbons (Fsp3) is 0.333. The Morgan fingerprint density at radius 1 is 1.09 bits per heavy atom. The van der Waals surface area contributed by atoms with Crippen molar-refractivity contribution >= 4 is 37.1 Å². The van der Waals surface area contributed by atoms with E-state index in [1.807, 2.05) is 36.4 Å². The van der Waals surface area contributed by atoms with E-state index in [1.165, 1.54) is 19.8 Å². The van der Waals surface area contributed by atoms with Gasteiger partial charge in [0.2, 0.25) is 11.8 Å². The lowest BCUT2D eigenvalue weighted by Crippen LogP contribution is -2.76. The Bertz CT molecular complexity index is 1130. The highest BCUT2D eigenvalue weighted by Gasteiger charge is 2.51. The Balaban J connectivity index is 1.62. The molecule has 35 heavy (non-hydrogen) atoms. The summed E-state index contributed by atoms with van der Waals surface area (Å²) in [6, 6.07) is 14.7. The van der Waals surface area contributed by atoms with Gasteiger partial charge >= 0.3 is 12.0 Å². The molecule has 4 amide bonds. The van der Waals surface area contributed by atoms with Crippen molar-refractivity contribution < 1.29 is 24.3 Å². The molecule has 2 heterocycles. The standard InChI is InChI=1S/C24H26BN5O5/c1-27-15-21(31)29-19(11-22(32)33)23(34)28(13-17-8-5-9-18(25)10-17)14-20(29)30(27)24(35)26-12-16-6-3-2-4-7-16/h2-10,19-20H,11-15H2,1H3,(H,26,35)(H,32,33)/t19-,20-/m0/s1. The van der Waals surface area contributed by atoms with E-state index in [4.69, 9.17) is 7.85 Å². The van der Waals surface area contributed by atoms with Gasteiger partial charge in [-0.1, -0.05) is 60.1 Å². The monoisotopic (exact) mass is 475 g/mol. The van der Waals surface area contributed by atoms with E-state index in [0.717, 1.165) is 11.1 Å². The number of piperazine rings is 1. The molecule has 10 nitrogen and oxygen atoms in total. The number of hydrazine groups is 1. The zero-order valence-corrected chi connectivity index (χ0v) is 19.3. The average Bonchev–Trinajstić information content (AvgIpc) is 2.80. The van der Waals surface area contributed by atoms with E-state index in [0.29, 0.717) is 5.46 Å². The Kier molecular flexibility index (Phi) is 7.06. The first-order valence-corrected chi connectivity index (χ1v) is 11.2. The van der Waals surface area contributed by atoms with Gasteiger partial charge in [0.25, 0.3) is 0 Å². The summed E-state index contributed by atoms with van der Waals surface area (Å²) >= 11 is 0. The summed E-state index contributed by atoms with van der Waals surface area (Å²) in [5, 5.41) is 15.2. The van der Waals surface area contributed by atoms with Crippen LogP contribution in [0.3, 0.4) is 0 Å². The molecular weight excluding hydrogens is 449 g/mol. The molecule has 2 fully saturated rings. The van der Waals surface area contributed by atoms with Gasteiger partial charge in [-0.2, -0.15) is 0 Å². The molecule has 0 aromatic heterocycles. The molecule has 4 rings (SSSR count). The van der Waals surface area contributed by atoms with E-state index in [-0.39, 0.29) is 26.2 Å². The molecule has 2 aliphatic rings. The van der Waals surface area contributed by atoms with Crippen molar-refractivity contribution in [3.63, 3.8) is 0 Å². The molecule has 2 aromatic carbocycles. The van der Waals surface area contributed by atoms with Crippen LogP contribution >= 0.6 is 0 Å². The number of hydrogen-bond donors (Lipinski definition) is 2. The lowest BCUT2D eigenvalue weighted by Gasteiger charge is -2.54. The van der Waals surface area contributed by atoms with Gasteiger partial charge in [0.1, 0.15) is 20.1 Å². The molecule has 0 saturated carbocycles. The van der Waals surface area contributed by atoms with Crippen molar-refractivity contribution in [3.05, 3.63) is 65.7 Å². The van der Waals surface area contributed by atoms with Crippen molar-refractivity contribution in [2.75, 3.05) is 20.1 Å². The number of amides is 4. The van der Waals surface area contributed by atoms with Crippen LogP contribution in [0.4, 0.5) is 4.79 Å². The second-order valence-corrected chi connectivity index (χ2v) is 8.66. The second-order valence-electron chi connectivity index (χ2n) is 8.66. The molecule has 11 heteroatoms. The van der Waals surface area contributed by atoms with Crippen LogP contribution in [0.25, 0.3) is 0 Å². The van der Waals surface area contributed by atoms with E-state index in [2.05, 4.69) is 5.32 Å². The highest BCUT2D eigenvalue weighted by Crippen LogP contribution is 2.28. The third-order valence-corrected chi connectivity index (χ3v) is 6.13. The number of urea groups is 1. The quantitative estimate of drug-likeness (QED) is 0.564. The first kappa shape index (κ1) is 24.3. The zero-order valence-electron chi connectivity index (χ0n) is 19.3. The summed E-state index contributed by atoms with van der Waals surface area (Å²) in [6.45, 7) is 0.309. The summed E-state index contributed by atoms with van der Waals surface area (Å²) in [5.41, 5.74) is 2.20. The molecule has 2 saturated heterocycles. The fourth-order valence-electron chi connectivity index (χ4n) is 4.58. The van der Waals surface area contributed by atoms with Crippen LogP contribution in [0.2, 0.25) is 0 Å². The summed E-state index contributed by atoms with van der Waals surface area (Å²) in [5.74, 6) is -2.10. The number of nitrogens with one attached hydrogen (secondary N) is 1. The Morgan fingerprint density at radius 3 is 2.49 bits per heavy atom. The maximum atomic E-state index is 13.3. The lowest BCUT2D eigenvalue weighted by molar-refractivity contribution is -0.189. The molecule has 2 aliphatic heterocycles. The van der Waals surface area contributed by atoms with Gasteiger partial charge in [-0.05, 0) is 11.1 Å². The van der Waals surface area contributed by atoms with Gasteiger partial charge in [0, 0.05) is 20.1 Å². The number of aliphatic carboxylic acids is 1. The highest BCUT2D eigenvalue weighted by atomic mass is 16.4. The van der Waals surface area contributed by atoms with Crippen molar-refractivity contribution in [1.29, 1.82) is 0 Å². The molecular formula is C24H26BN5O5. The smallest absolute Gasteiger partial charge is 0.334 e. The Morgan fingerprint density at radius 2 is 1.80 bits per heavy atom. The minimum atomic E-state index is -1.22. The largest absolute Gasteiger partial charge is 0.481 e. The lowest BCUT2D eigenvalue weighted by atomic mass is 9.94. The van der Waals surface area contributed by atoms with Gasteiger partial charge in [-0.3, -0.25) is 14.4 Å². The van der Waals surface area contributed by atoms with Crippen LogP contribution in [-0.2, 0) is 27.5 Å². The first-order valence-electron chi connectivity index (χ1n) is 11.2. The van der Waals surface area contributed by atoms with Gasteiger partial charge in [0.05, 0.1) is 19.5 Å². The summed E-state index contributed by atoms with van der Waals surface area (Å²) < 4.78 is 0. The van der Waals surface area contributed by atoms with Crippen LogP contribution in [0.5, 0.6) is 0 Å². The van der Waals surface area contributed by atoms with Crippen LogP contribution in [-0.4, -0.2) is 88.9 Å². The Hall–Kier alpha value is -3.86. The molecule has 180 valence electrons. The number of nitrogens with zero attached hydrogens (tertiary/aromatic N) is 4. The maximum absolute atomic E-state index is 13.3. The predicted molar refractivity (Wildman–Crippen MR) is 127 cm³/mol. The van der Waals surface area contributed by atoms with E-state index >= 15 is 0 Å². The second kappa shape index (κ2) is 10.2. The van der Waals surface area contributed by atoms with Crippen molar-refractivity contribution in [2.24, 2.45) is 0 Å². The van der Waals surface area contributed by atoms with Crippen LogP contribution in [0, 0.1) is 0 Å². The van der Waals surface area contributed by atoms with Crippen LogP contribution < -0.4 is 10.8 Å². The number of fused-ring (bicyclic) bond motifs is 1. The molecule has 0 bridgehead atoms. The number of likely N-dealkylation sites (N-methyl/N-ethyl adjacent to an activating group) is 1. The third kappa shape index (κ3) is 5.30. The number of hydrogen-bond acceptors (Lipinski definition) is 5. The van der Waals surface area contributed by atoms with Gasteiger partial charge in [-0.15, -0.1) is 0 Å². The number of benzene rings is 2. The molecule has 2 radical (unpaired) electrons. The molecule has 2 atom stereocenters. The van der Waals surface area contributed by atoms with E-state index in [1.54, 1.807) is 25.2 Å². The predicted octanol–water partition coefficient (Wildman–Crippen LogP) is -0.107. The normalized spacial score (nSPS) is 20.5. The molecule has 2 N–H and O–H groups in total. The van der Waals surface area contributed by atoms with Crippen LogP contribution in [0.1, 0.15) is 17.5 Å². The summed E-state index contributed by atoms with van der Waals surface area (Å²) in [7, 11) is 7.49. The van der Waals surface area contributed by atoms with Gasteiger partial charge < -0.3 is 20.2 Å². The average molecular weight is 475 g/mol.